The van der Waals surface area contributed by atoms with Gasteiger partial charge in [0.15, 0.2) is 9.84 Å². The zero-order valence-electron chi connectivity index (χ0n) is 6.20. The number of halogens is 1. The van der Waals surface area contributed by atoms with Gasteiger partial charge in [0.2, 0.25) is 0 Å². The molecule has 5 heteroatoms. The van der Waals surface area contributed by atoms with Gasteiger partial charge in [-0.3, -0.25) is 0 Å². The molecule has 1 aromatic carbocycles. The lowest BCUT2D eigenvalue weighted by Crippen LogP contribution is -2.01. The van der Waals surface area contributed by atoms with Crippen LogP contribution in [0.2, 0.25) is 0 Å². The van der Waals surface area contributed by atoms with Crippen molar-refractivity contribution < 1.29 is 8.42 Å². The Morgan fingerprint density at radius 2 is 1.75 bits per heavy atom. The molecule has 0 aromatic heterocycles. The van der Waals surface area contributed by atoms with Gasteiger partial charge in [-0.1, -0.05) is 0 Å². The van der Waals surface area contributed by atoms with Crippen LogP contribution in [0.25, 0.3) is 0 Å². The van der Waals surface area contributed by atoms with Crippen LogP contribution in [0.5, 0.6) is 0 Å². The van der Waals surface area contributed by atoms with Gasteiger partial charge in [0.05, 0.1) is 4.90 Å². The topological polar surface area (TPSA) is 60.2 Å². The number of nitrogens with two attached hydrogens (primary N) is 1. The maximum atomic E-state index is 11.1. The van der Waals surface area contributed by atoms with Crippen LogP contribution in [-0.2, 0) is 9.84 Å². The maximum absolute atomic E-state index is 11.1. The molecule has 2 N–H and O–H groups in total. The van der Waals surface area contributed by atoms with Crippen LogP contribution in [0.3, 0.4) is 0 Å². The summed E-state index contributed by atoms with van der Waals surface area (Å²) >= 11 is 5.25. The predicted octanol–water partition coefficient (Wildman–Crippen LogP) is 1.24. The van der Waals surface area contributed by atoms with E-state index in [9.17, 15) is 8.42 Å². The number of nitrogen functional groups attached to an aromatic ring is 1. The summed E-state index contributed by atoms with van der Waals surface area (Å²) in [6.45, 7) is 0. The van der Waals surface area contributed by atoms with E-state index in [0.29, 0.717) is 5.69 Å². The fourth-order valence-corrected chi connectivity index (χ4v) is 1.79. The molecule has 0 saturated heterocycles. The molecular weight excluding hydrogens is 198 g/mol. The fourth-order valence-electron chi connectivity index (χ4n) is 0.738. The van der Waals surface area contributed by atoms with E-state index in [1.807, 2.05) is 0 Å². The highest BCUT2D eigenvalue weighted by Crippen LogP contribution is 2.13. The summed E-state index contributed by atoms with van der Waals surface area (Å²) in [7, 11) is -3.31. The van der Waals surface area contributed by atoms with Crippen molar-refractivity contribution in [3.63, 3.8) is 0 Å². The van der Waals surface area contributed by atoms with Crippen LogP contribution in [-0.4, -0.2) is 13.6 Å². The Labute approximate surface area is 76.1 Å². The van der Waals surface area contributed by atoms with Crippen molar-refractivity contribution in [3.8, 4) is 0 Å². The Hall–Kier alpha value is -0.740. The second-order valence-electron chi connectivity index (χ2n) is 2.29. The van der Waals surface area contributed by atoms with Crippen molar-refractivity contribution in [2.75, 3.05) is 10.9 Å². The molecule has 0 aliphatic heterocycles. The van der Waals surface area contributed by atoms with E-state index in [2.05, 4.69) is 0 Å². The van der Waals surface area contributed by atoms with E-state index in [4.69, 9.17) is 17.3 Å². The van der Waals surface area contributed by atoms with E-state index >= 15 is 0 Å². The molecular formula is C7H8ClNO2S. The van der Waals surface area contributed by atoms with Crippen molar-refractivity contribution in [2.24, 2.45) is 0 Å². The standard InChI is InChI=1S/C7H8ClNO2S/c8-5-12(10,11)7-3-1-6(9)2-4-7/h1-4H,5,9H2. The number of alkyl halides is 1. The molecule has 0 saturated carbocycles. The molecule has 0 heterocycles. The summed E-state index contributed by atoms with van der Waals surface area (Å²) in [5.74, 6) is 0. The van der Waals surface area contributed by atoms with Gasteiger partial charge in [-0.25, -0.2) is 8.42 Å². The Balaban J connectivity index is 3.14. The minimum atomic E-state index is -3.31. The molecule has 1 aromatic rings. The maximum Gasteiger partial charge on any atom is 0.192 e. The van der Waals surface area contributed by atoms with Gasteiger partial charge < -0.3 is 5.73 Å². The first-order chi connectivity index (χ1) is 5.56. The summed E-state index contributed by atoms with van der Waals surface area (Å²) in [5.41, 5.74) is 5.91. The molecule has 0 unspecified atom stereocenters. The van der Waals surface area contributed by atoms with Gasteiger partial charge >= 0.3 is 0 Å². The summed E-state index contributed by atoms with van der Waals surface area (Å²) in [6, 6.07) is 5.93. The minimum Gasteiger partial charge on any atom is -0.399 e. The first-order valence-electron chi connectivity index (χ1n) is 3.20. The summed E-state index contributed by atoms with van der Waals surface area (Å²) in [4.78, 5) is 0.201. The van der Waals surface area contributed by atoms with Gasteiger partial charge in [-0.15, -0.1) is 11.6 Å². The third-order valence-electron chi connectivity index (χ3n) is 1.38. The largest absolute Gasteiger partial charge is 0.399 e. The van der Waals surface area contributed by atoms with Crippen LogP contribution in [0.15, 0.2) is 29.2 Å². The lowest BCUT2D eigenvalue weighted by atomic mass is 10.3. The van der Waals surface area contributed by atoms with E-state index < -0.39 is 15.0 Å². The average molecular weight is 206 g/mol. The van der Waals surface area contributed by atoms with Crippen molar-refractivity contribution in [1.82, 2.24) is 0 Å². The normalized spacial score (nSPS) is 11.4. The lowest BCUT2D eigenvalue weighted by molar-refractivity contribution is 0.600. The zero-order valence-corrected chi connectivity index (χ0v) is 7.77. The summed E-state index contributed by atoms with van der Waals surface area (Å²) < 4.78 is 22.3. The number of anilines is 1. The van der Waals surface area contributed by atoms with Gasteiger partial charge in [0, 0.05) is 5.69 Å². The molecule has 0 atom stereocenters. The third-order valence-corrected chi connectivity index (χ3v) is 3.52. The predicted molar refractivity (Wildman–Crippen MR) is 48.8 cm³/mol. The van der Waals surface area contributed by atoms with Crippen LogP contribution in [0, 0.1) is 0 Å². The number of hydrogen-bond donors (Lipinski definition) is 1. The molecule has 0 bridgehead atoms. The molecule has 0 radical (unpaired) electrons. The SMILES string of the molecule is Nc1ccc(S(=O)(=O)CCl)cc1. The number of benzene rings is 1. The van der Waals surface area contributed by atoms with Crippen molar-refractivity contribution in [2.45, 2.75) is 4.90 Å². The second-order valence-corrected chi connectivity index (χ2v) is 4.87. The van der Waals surface area contributed by atoms with Gasteiger partial charge in [0.25, 0.3) is 0 Å². The first kappa shape index (κ1) is 9.35. The highest BCUT2D eigenvalue weighted by molar-refractivity contribution is 7.92. The van der Waals surface area contributed by atoms with Crippen molar-refractivity contribution >= 4 is 27.1 Å². The molecule has 0 spiro atoms. The molecule has 3 nitrogen and oxygen atoms in total. The van der Waals surface area contributed by atoms with Gasteiger partial charge in [-0.2, -0.15) is 0 Å². The second kappa shape index (κ2) is 3.33. The summed E-state index contributed by atoms with van der Waals surface area (Å²) in [5, 5.41) is -0.406. The fraction of sp³-hybridized carbons (Fsp3) is 0.143. The quantitative estimate of drug-likeness (QED) is 0.584. The molecule has 0 amide bonds. The number of sulfone groups is 1. The molecule has 0 fully saturated rings. The molecule has 1 rings (SSSR count). The Kier molecular flexibility index (Phi) is 2.59. The monoisotopic (exact) mass is 205 g/mol. The van der Waals surface area contributed by atoms with Gasteiger partial charge in [-0.05, 0) is 24.3 Å². The van der Waals surface area contributed by atoms with E-state index in [0.717, 1.165) is 0 Å². The van der Waals surface area contributed by atoms with E-state index in [-0.39, 0.29) is 4.90 Å². The van der Waals surface area contributed by atoms with Gasteiger partial charge in [0.1, 0.15) is 5.21 Å². The first-order valence-corrected chi connectivity index (χ1v) is 5.39. The lowest BCUT2D eigenvalue weighted by Gasteiger charge is -1.99. The van der Waals surface area contributed by atoms with E-state index in [1.54, 1.807) is 0 Å². The molecule has 0 aliphatic rings. The highest BCUT2D eigenvalue weighted by Gasteiger charge is 2.11. The summed E-state index contributed by atoms with van der Waals surface area (Å²) in [6.07, 6.45) is 0. The minimum absolute atomic E-state index is 0.201. The van der Waals surface area contributed by atoms with Crippen LogP contribution >= 0.6 is 11.6 Å². The Bertz CT molecular complexity index is 357. The van der Waals surface area contributed by atoms with Crippen LogP contribution in [0.4, 0.5) is 5.69 Å². The zero-order chi connectivity index (χ0) is 9.19. The highest BCUT2D eigenvalue weighted by atomic mass is 35.5. The Morgan fingerprint density at radius 3 is 2.17 bits per heavy atom. The number of hydrogen-bond acceptors (Lipinski definition) is 3. The van der Waals surface area contributed by atoms with Crippen molar-refractivity contribution in [1.29, 1.82) is 0 Å². The average Bonchev–Trinajstić information content (AvgIpc) is 2.05. The molecule has 66 valence electrons. The molecule has 0 aliphatic carbocycles. The smallest absolute Gasteiger partial charge is 0.192 e. The number of rotatable bonds is 2. The van der Waals surface area contributed by atoms with Crippen molar-refractivity contribution in [3.05, 3.63) is 24.3 Å². The Morgan fingerprint density at radius 1 is 1.25 bits per heavy atom. The van der Waals surface area contributed by atoms with Crippen LogP contribution in [0.1, 0.15) is 0 Å². The van der Waals surface area contributed by atoms with Crippen LogP contribution < -0.4 is 5.73 Å². The van der Waals surface area contributed by atoms with E-state index in [1.165, 1.54) is 24.3 Å². The molecule has 12 heavy (non-hydrogen) atoms. The third kappa shape index (κ3) is 1.89.